The molecule has 0 amide bonds. The molecule has 168 valence electrons. The molecule has 1 saturated carbocycles. The summed E-state index contributed by atoms with van der Waals surface area (Å²) in [6.45, 7) is 0.415. The summed E-state index contributed by atoms with van der Waals surface area (Å²) in [7, 11) is 0. The summed E-state index contributed by atoms with van der Waals surface area (Å²) in [6.07, 6.45) is 5.73. The molecule has 5 rings (SSSR count). The standard InChI is InChI=1S/C23H18Cl2FN5O2/c24-15-9-17(11-28-10-15)31-22(32)20(14-2-4-19(26)18(25)8-14)21(29(6-5-27)23(31)33)30-12-13-1-3-16(30)7-13/h2,4,8-11,13,16H,1,3,6-7,12H2/t13-,16+/m1/s1. The first-order chi connectivity index (χ1) is 15.9. The third-order valence-corrected chi connectivity index (χ3v) is 6.88. The highest BCUT2D eigenvalue weighted by molar-refractivity contribution is 6.31. The first-order valence-electron chi connectivity index (χ1n) is 10.5. The van der Waals surface area contributed by atoms with Crippen molar-refractivity contribution in [2.24, 2.45) is 5.92 Å². The van der Waals surface area contributed by atoms with Gasteiger partial charge in [0.25, 0.3) is 5.56 Å². The smallest absolute Gasteiger partial charge is 0.338 e. The van der Waals surface area contributed by atoms with Gasteiger partial charge in [0.15, 0.2) is 0 Å². The van der Waals surface area contributed by atoms with Crippen molar-refractivity contribution >= 4 is 29.0 Å². The summed E-state index contributed by atoms with van der Waals surface area (Å²) in [6, 6.07) is 7.66. The lowest BCUT2D eigenvalue weighted by atomic mass is 10.0. The SMILES string of the molecule is N#CCn1c(N2C[C@@H]3CC[C@H]2C3)c(-c2ccc(F)c(Cl)c2)c(=O)n(-c2cncc(Cl)c2)c1=O. The van der Waals surface area contributed by atoms with Gasteiger partial charge >= 0.3 is 5.69 Å². The molecule has 0 N–H and O–H groups in total. The average Bonchev–Trinajstić information content (AvgIpc) is 3.41. The summed E-state index contributed by atoms with van der Waals surface area (Å²) >= 11 is 12.1. The Morgan fingerprint density at radius 3 is 2.64 bits per heavy atom. The van der Waals surface area contributed by atoms with Crippen LogP contribution in [0.15, 0.2) is 46.2 Å². The fraction of sp³-hybridized carbons (Fsp3) is 0.304. The van der Waals surface area contributed by atoms with E-state index in [1.807, 2.05) is 11.0 Å². The van der Waals surface area contributed by atoms with Crippen molar-refractivity contribution in [2.75, 3.05) is 11.4 Å². The molecule has 3 heterocycles. The highest BCUT2D eigenvalue weighted by atomic mass is 35.5. The van der Waals surface area contributed by atoms with Gasteiger partial charge in [-0.25, -0.2) is 13.8 Å². The number of benzene rings is 1. The van der Waals surface area contributed by atoms with Crippen LogP contribution in [-0.2, 0) is 6.54 Å². The zero-order valence-corrected chi connectivity index (χ0v) is 18.9. The molecule has 2 bridgehead atoms. The molecule has 0 radical (unpaired) electrons. The van der Waals surface area contributed by atoms with E-state index in [0.717, 1.165) is 23.8 Å². The van der Waals surface area contributed by atoms with E-state index >= 15 is 0 Å². The summed E-state index contributed by atoms with van der Waals surface area (Å²) in [5.74, 6) is 0.212. The third-order valence-electron chi connectivity index (χ3n) is 6.39. The summed E-state index contributed by atoms with van der Waals surface area (Å²) in [5.41, 5.74) is -0.564. The second-order valence-corrected chi connectivity index (χ2v) is 9.19. The predicted molar refractivity (Wildman–Crippen MR) is 124 cm³/mol. The summed E-state index contributed by atoms with van der Waals surface area (Å²) in [4.78, 5) is 33.5. The van der Waals surface area contributed by atoms with Crippen molar-refractivity contribution in [1.29, 1.82) is 5.26 Å². The van der Waals surface area contributed by atoms with Crippen LogP contribution in [0.3, 0.4) is 0 Å². The minimum atomic E-state index is -0.666. The van der Waals surface area contributed by atoms with E-state index in [-0.39, 0.29) is 33.9 Å². The van der Waals surface area contributed by atoms with E-state index < -0.39 is 17.1 Å². The molecule has 1 aliphatic heterocycles. The maximum Gasteiger partial charge on any atom is 0.338 e. The molecule has 1 saturated heterocycles. The van der Waals surface area contributed by atoms with Gasteiger partial charge in [-0.3, -0.25) is 14.3 Å². The Morgan fingerprint density at radius 1 is 1.18 bits per heavy atom. The number of nitrogens with zero attached hydrogens (tertiary/aromatic N) is 5. The number of rotatable bonds is 4. The minimum absolute atomic E-state index is 0.144. The van der Waals surface area contributed by atoms with Gasteiger partial charge in [0.1, 0.15) is 18.2 Å². The van der Waals surface area contributed by atoms with Crippen molar-refractivity contribution in [1.82, 2.24) is 14.1 Å². The van der Waals surface area contributed by atoms with Gasteiger partial charge in [0.2, 0.25) is 0 Å². The van der Waals surface area contributed by atoms with E-state index in [2.05, 4.69) is 4.98 Å². The molecule has 2 atom stereocenters. The van der Waals surface area contributed by atoms with E-state index in [9.17, 15) is 19.2 Å². The molecular weight excluding hydrogens is 468 g/mol. The van der Waals surface area contributed by atoms with Gasteiger partial charge in [-0.05, 0) is 48.9 Å². The summed E-state index contributed by atoms with van der Waals surface area (Å²) < 4.78 is 16.2. The highest BCUT2D eigenvalue weighted by Gasteiger charge is 2.41. The van der Waals surface area contributed by atoms with E-state index in [1.165, 1.54) is 41.2 Å². The lowest BCUT2D eigenvalue weighted by Crippen LogP contribution is -2.45. The number of piperidine rings is 1. The molecule has 2 fully saturated rings. The van der Waals surface area contributed by atoms with Gasteiger partial charge in [-0.15, -0.1) is 0 Å². The largest absolute Gasteiger partial charge is 0.354 e. The molecule has 7 nitrogen and oxygen atoms in total. The van der Waals surface area contributed by atoms with E-state index in [1.54, 1.807) is 0 Å². The number of halogens is 3. The number of hydrogen-bond acceptors (Lipinski definition) is 5. The van der Waals surface area contributed by atoms with Crippen LogP contribution in [-0.4, -0.2) is 26.7 Å². The van der Waals surface area contributed by atoms with Gasteiger partial charge < -0.3 is 4.90 Å². The lowest BCUT2D eigenvalue weighted by Gasteiger charge is -2.33. The normalized spacial score (nSPS) is 19.2. The van der Waals surface area contributed by atoms with E-state index in [4.69, 9.17) is 23.2 Å². The molecule has 2 aromatic heterocycles. The molecular formula is C23H18Cl2FN5O2. The van der Waals surface area contributed by atoms with Crippen LogP contribution in [0.25, 0.3) is 16.8 Å². The van der Waals surface area contributed by atoms with Gasteiger partial charge in [0.05, 0.1) is 33.6 Å². The van der Waals surface area contributed by atoms with Gasteiger partial charge in [-0.2, -0.15) is 5.26 Å². The second kappa shape index (κ2) is 8.32. The minimum Gasteiger partial charge on any atom is -0.354 e. The Labute approximate surface area is 198 Å². The molecule has 10 heteroatoms. The fourth-order valence-electron chi connectivity index (χ4n) is 4.99. The molecule has 3 aromatic rings. The van der Waals surface area contributed by atoms with Crippen LogP contribution in [0.4, 0.5) is 10.2 Å². The van der Waals surface area contributed by atoms with Crippen LogP contribution in [0.2, 0.25) is 10.0 Å². The number of pyridine rings is 1. The second-order valence-electron chi connectivity index (χ2n) is 8.34. The van der Waals surface area contributed by atoms with Crippen LogP contribution in [0, 0.1) is 23.1 Å². The molecule has 0 unspecified atom stereocenters. The lowest BCUT2D eigenvalue weighted by molar-refractivity contribution is 0.538. The molecule has 33 heavy (non-hydrogen) atoms. The maximum absolute atomic E-state index is 13.9. The number of fused-ring (bicyclic) bond motifs is 2. The Bertz CT molecular complexity index is 1430. The third kappa shape index (κ3) is 3.62. The number of aromatic nitrogens is 3. The quantitative estimate of drug-likeness (QED) is 0.557. The number of hydrogen-bond donors (Lipinski definition) is 0. The van der Waals surface area contributed by atoms with Crippen molar-refractivity contribution in [3.63, 3.8) is 0 Å². The summed E-state index contributed by atoms with van der Waals surface area (Å²) in [5, 5.41) is 9.64. The molecule has 2 aliphatic rings. The highest BCUT2D eigenvalue weighted by Crippen LogP contribution is 2.42. The monoisotopic (exact) mass is 485 g/mol. The Balaban J connectivity index is 1.88. The van der Waals surface area contributed by atoms with Gasteiger partial charge in [-0.1, -0.05) is 29.3 Å². The van der Waals surface area contributed by atoms with Crippen molar-refractivity contribution in [2.45, 2.75) is 31.8 Å². The zero-order valence-electron chi connectivity index (χ0n) is 17.3. The fourth-order valence-corrected chi connectivity index (χ4v) is 5.34. The van der Waals surface area contributed by atoms with Crippen LogP contribution in [0.1, 0.15) is 19.3 Å². The molecule has 1 aliphatic carbocycles. The Hall–Kier alpha value is -3.15. The first kappa shape index (κ1) is 21.7. The van der Waals surface area contributed by atoms with Crippen LogP contribution >= 0.6 is 23.2 Å². The van der Waals surface area contributed by atoms with Crippen LogP contribution < -0.4 is 16.1 Å². The van der Waals surface area contributed by atoms with Crippen molar-refractivity contribution in [3.8, 4) is 22.9 Å². The van der Waals surface area contributed by atoms with Crippen LogP contribution in [0.5, 0.6) is 0 Å². The zero-order chi connectivity index (χ0) is 23.3. The molecule has 0 spiro atoms. The Morgan fingerprint density at radius 2 is 2.00 bits per heavy atom. The topological polar surface area (TPSA) is 83.9 Å². The average molecular weight is 486 g/mol. The van der Waals surface area contributed by atoms with Crippen molar-refractivity contribution < 1.29 is 4.39 Å². The number of nitriles is 1. The number of anilines is 1. The predicted octanol–water partition coefficient (Wildman–Crippen LogP) is 4.02. The molecule has 1 aromatic carbocycles. The Kier molecular flexibility index (Phi) is 5.47. The maximum atomic E-state index is 13.9. The van der Waals surface area contributed by atoms with Crippen molar-refractivity contribution in [3.05, 3.63) is 73.4 Å². The first-order valence-corrected chi connectivity index (χ1v) is 11.2. The van der Waals surface area contributed by atoms with Gasteiger partial charge in [0, 0.05) is 18.8 Å². The van der Waals surface area contributed by atoms with E-state index in [0.29, 0.717) is 23.8 Å².